The highest BCUT2D eigenvalue weighted by Crippen LogP contribution is 2.28. The molecule has 0 radical (unpaired) electrons. The van der Waals surface area contributed by atoms with E-state index in [0.29, 0.717) is 18.5 Å². The molecule has 1 aromatic rings. The lowest BCUT2D eigenvalue weighted by molar-refractivity contribution is -0.154. The highest BCUT2D eigenvalue weighted by Gasteiger charge is 2.40. The Morgan fingerprint density at radius 2 is 1.85 bits per heavy atom. The van der Waals surface area contributed by atoms with Crippen LogP contribution < -0.4 is 0 Å². The van der Waals surface area contributed by atoms with E-state index in [1.54, 1.807) is 6.92 Å². The Morgan fingerprint density at radius 1 is 1.25 bits per heavy atom. The summed E-state index contributed by atoms with van der Waals surface area (Å²) < 4.78 is 0. The summed E-state index contributed by atoms with van der Waals surface area (Å²) in [6.45, 7) is 6.02. The van der Waals surface area contributed by atoms with E-state index in [4.69, 9.17) is 0 Å². The molecule has 0 saturated heterocycles. The SMILES string of the molecule is CCCc1ccc(C(C)(C(=O)O)N(C=O)CCC)cc1. The van der Waals surface area contributed by atoms with E-state index in [0.717, 1.165) is 19.3 Å². The summed E-state index contributed by atoms with van der Waals surface area (Å²) in [6, 6.07) is 7.50. The zero-order chi connectivity index (χ0) is 15.2. The van der Waals surface area contributed by atoms with Crippen molar-refractivity contribution in [3.8, 4) is 0 Å². The second kappa shape index (κ2) is 7.08. The van der Waals surface area contributed by atoms with Crippen LogP contribution >= 0.6 is 0 Å². The molecule has 0 spiro atoms. The molecule has 0 aliphatic carbocycles. The van der Waals surface area contributed by atoms with Crippen LogP contribution in [0.4, 0.5) is 0 Å². The van der Waals surface area contributed by atoms with Crippen molar-refractivity contribution in [2.75, 3.05) is 6.54 Å². The Morgan fingerprint density at radius 3 is 2.25 bits per heavy atom. The number of benzene rings is 1. The predicted octanol–water partition coefficient (Wildman–Crippen LogP) is 2.81. The maximum atomic E-state index is 11.7. The molecule has 0 bridgehead atoms. The number of carbonyl (C=O) groups excluding carboxylic acids is 1. The first-order valence-corrected chi connectivity index (χ1v) is 7.05. The largest absolute Gasteiger partial charge is 0.479 e. The van der Waals surface area contributed by atoms with Crippen molar-refractivity contribution in [3.63, 3.8) is 0 Å². The van der Waals surface area contributed by atoms with Crippen molar-refractivity contribution in [1.29, 1.82) is 0 Å². The van der Waals surface area contributed by atoms with Crippen LogP contribution in [0.25, 0.3) is 0 Å². The molecule has 4 heteroatoms. The average molecular weight is 277 g/mol. The first kappa shape index (κ1) is 16.2. The number of hydrogen-bond donors (Lipinski definition) is 1. The van der Waals surface area contributed by atoms with Gasteiger partial charge in [0.25, 0.3) is 0 Å². The van der Waals surface area contributed by atoms with Crippen LogP contribution in [0.3, 0.4) is 0 Å². The zero-order valence-electron chi connectivity index (χ0n) is 12.4. The molecule has 1 amide bonds. The molecule has 0 saturated carbocycles. The number of amides is 1. The average Bonchev–Trinajstić information content (AvgIpc) is 2.45. The number of aryl methyl sites for hydroxylation is 1. The molecule has 4 nitrogen and oxygen atoms in total. The highest BCUT2D eigenvalue weighted by atomic mass is 16.4. The summed E-state index contributed by atoms with van der Waals surface area (Å²) in [5, 5.41) is 9.59. The van der Waals surface area contributed by atoms with Crippen molar-refractivity contribution < 1.29 is 14.7 Å². The summed E-state index contributed by atoms with van der Waals surface area (Å²) in [4.78, 5) is 24.3. The smallest absolute Gasteiger partial charge is 0.334 e. The Labute approximate surface area is 120 Å². The van der Waals surface area contributed by atoms with Gasteiger partial charge in [-0.2, -0.15) is 0 Å². The van der Waals surface area contributed by atoms with Gasteiger partial charge >= 0.3 is 5.97 Å². The van der Waals surface area contributed by atoms with Crippen LogP contribution in [0.2, 0.25) is 0 Å². The van der Waals surface area contributed by atoms with Crippen molar-refractivity contribution in [1.82, 2.24) is 4.90 Å². The van der Waals surface area contributed by atoms with E-state index in [1.165, 1.54) is 10.5 Å². The molecular formula is C16H23NO3. The molecule has 0 heterocycles. The third-order valence-corrected chi connectivity index (χ3v) is 3.64. The first-order valence-electron chi connectivity index (χ1n) is 7.05. The fraction of sp³-hybridized carbons (Fsp3) is 0.500. The Balaban J connectivity index is 3.17. The second-order valence-electron chi connectivity index (χ2n) is 5.12. The van der Waals surface area contributed by atoms with Crippen molar-refractivity contribution in [2.24, 2.45) is 0 Å². The fourth-order valence-corrected chi connectivity index (χ4v) is 2.32. The van der Waals surface area contributed by atoms with Gasteiger partial charge < -0.3 is 10.0 Å². The maximum Gasteiger partial charge on any atom is 0.334 e. The number of carboxylic acids is 1. The summed E-state index contributed by atoms with van der Waals surface area (Å²) in [5.41, 5.74) is 0.491. The first-order chi connectivity index (χ1) is 9.50. The van der Waals surface area contributed by atoms with E-state index < -0.39 is 11.5 Å². The standard InChI is InChI=1S/C16H23NO3/c1-4-6-13-7-9-14(10-8-13)16(3,15(19)20)17(12-18)11-5-2/h7-10,12H,4-6,11H2,1-3H3,(H,19,20). The van der Waals surface area contributed by atoms with Gasteiger partial charge in [0.2, 0.25) is 6.41 Å². The van der Waals surface area contributed by atoms with Crippen molar-refractivity contribution in [2.45, 2.75) is 45.6 Å². The van der Waals surface area contributed by atoms with Gasteiger partial charge in [-0.25, -0.2) is 4.79 Å². The van der Waals surface area contributed by atoms with Gasteiger partial charge in [-0.05, 0) is 30.9 Å². The Bertz CT molecular complexity index is 455. The minimum absolute atomic E-state index is 0.420. The lowest BCUT2D eigenvalue weighted by atomic mass is 9.89. The maximum absolute atomic E-state index is 11.7. The Hall–Kier alpha value is -1.84. The van der Waals surface area contributed by atoms with E-state index in [1.807, 2.05) is 31.2 Å². The monoisotopic (exact) mass is 277 g/mol. The van der Waals surface area contributed by atoms with Gasteiger partial charge in [0.1, 0.15) is 0 Å². The van der Waals surface area contributed by atoms with Crippen LogP contribution in [0.5, 0.6) is 0 Å². The minimum Gasteiger partial charge on any atom is -0.479 e. The van der Waals surface area contributed by atoms with E-state index >= 15 is 0 Å². The third kappa shape index (κ3) is 3.18. The zero-order valence-corrected chi connectivity index (χ0v) is 12.4. The van der Waals surface area contributed by atoms with E-state index in [2.05, 4.69) is 6.92 Å². The van der Waals surface area contributed by atoms with Gasteiger partial charge in [0, 0.05) is 6.54 Å². The summed E-state index contributed by atoms with van der Waals surface area (Å²) >= 11 is 0. The van der Waals surface area contributed by atoms with Crippen molar-refractivity contribution in [3.05, 3.63) is 35.4 Å². The van der Waals surface area contributed by atoms with Crippen LogP contribution in [-0.4, -0.2) is 28.9 Å². The Kier molecular flexibility index (Phi) is 5.74. The van der Waals surface area contributed by atoms with Gasteiger partial charge in [-0.15, -0.1) is 0 Å². The number of carboxylic acid groups (broad SMARTS) is 1. The van der Waals surface area contributed by atoms with Gasteiger partial charge in [0.05, 0.1) is 0 Å². The molecule has 1 unspecified atom stereocenters. The summed E-state index contributed by atoms with van der Waals surface area (Å²) in [6.07, 6.45) is 3.36. The molecule has 0 fully saturated rings. The molecule has 1 aromatic carbocycles. The normalized spacial score (nSPS) is 13.6. The summed E-state index contributed by atoms with van der Waals surface area (Å²) in [7, 11) is 0. The number of rotatable bonds is 8. The highest BCUT2D eigenvalue weighted by molar-refractivity contribution is 5.82. The summed E-state index contributed by atoms with van der Waals surface area (Å²) in [5.74, 6) is -1.01. The quantitative estimate of drug-likeness (QED) is 0.743. The lowest BCUT2D eigenvalue weighted by Crippen LogP contribution is -2.49. The molecule has 0 aliphatic heterocycles. The second-order valence-corrected chi connectivity index (χ2v) is 5.12. The molecule has 1 N–H and O–H groups in total. The molecular weight excluding hydrogens is 254 g/mol. The van der Waals surface area contributed by atoms with Crippen LogP contribution in [0.1, 0.15) is 44.7 Å². The fourth-order valence-electron chi connectivity index (χ4n) is 2.32. The number of nitrogens with zero attached hydrogens (tertiary/aromatic N) is 1. The van der Waals surface area contributed by atoms with Crippen LogP contribution in [0, 0.1) is 0 Å². The van der Waals surface area contributed by atoms with Gasteiger partial charge in [-0.3, -0.25) is 4.79 Å². The van der Waals surface area contributed by atoms with Crippen LogP contribution in [0.15, 0.2) is 24.3 Å². The van der Waals surface area contributed by atoms with Gasteiger partial charge in [-0.1, -0.05) is 44.5 Å². The molecule has 20 heavy (non-hydrogen) atoms. The van der Waals surface area contributed by atoms with E-state index in [-0.39, 0.29) is 0 Å². The molecule has 0 aliphatic rings. The molecule has 110 valence electrons. The number of carbonyl (C=O) groups is 2. The topological polar surface area (TPSA) is 57.6 Å². The molecule has 1 atom stereocenters. The minimum atomic E-state index is -1.32. The van der Waals surface area contributed by atoms with Gasteiger partial charge in [0.15, 0.2) is 5.54 Å². The predicted molar refractivity (Wildman–Crippen MR) is 78.5 cm³/mol. The third-order valence-electron chi connectivity index (χ3n) is 3.64. The lowest BCUT2D eigenvalue weighted by Gasteiger charge is -2.35. The molecule has 1 rings (SSSR count). The number of aliphatic carboxylic acids is 1. The van der Waals surface area contributed by atoms with E-state index in [9.17, 15) is 14.7 Å². The number of hydrogen-bond acceptors (Lipinski definition) is 2. The van der Waals surface area contributed by atoms with Crippen LogP contribution in [-0.2, 0) is 21.5 Å². The molecule has 0 aromatic heterocycles. The van der Waals surface area contributed by atoms with Crippen molar-refractivity contribution >= 4 is 12.4 Å².